The van der Waals surface area contributed by atoms with E-state index in [9.17, 15) is 16.8 Å². The highest BCUT2D eigenvalue weighted by Crippen LogP contribution is 2.19. The first-order chi connectivity index (χ1) is 14.9. The fraction of sp³-hybridized carbons (Fsp3) is 0.263. The zero-order valence-corrected chi connectivity index (χ0v) is 18.1. The summed E-state index contributed by atoms with van der Waals surface area (Å²) in [5.74, 6) is 0.619. The average molecular weight is 464 g/mol. The molecule has 31 heavy (non-hydrogen) atoms. The van der Waals surface area contributed by atoms with E-state index in [0.29, 0.717) is 24.6 Å². The van der Waals surface area contributed by atoms with Crippen molar-refractivity contribution in [3.63, 3.8) is 0 Å². The van der Waals surface area contributed by atoms with E-state index in [1.165, 1.54) is 28.6 Å². The highest BCUT2D eigenvalue weighted by atomic mass is 32.2. The number of nitrogens with one attached hydrogen (secondary N) is 1. The normalized spacial score (nSPS) is 15.7. The SMILES string of the molecule is O=S(=O)(NCc1ccc(-n2cccn2)nc1)c1ccc(S(=O)(=O)N2CCOCC2)cc1. The van der Waals surface area contributed by atoms with Crippen molar-refractivity contribution in [2.24, 2.45) is 0 Å². The molecule has 1 saturated heterocycles. The van der Waals surface area contributed by atoms with Crippen molar-refractivity contribution in [2.45, 2.75) is 16.3 Å². The predicted octanol–water partition coefficient (Wildman–Crippen LogP) is 0.767. The van der Waals surface area contributed by atoms with Gasteiger partial charge >= 0.3 is 0 Å². The first-order valence-electron chi connectivity index (χ1n) is 9.49. The smallest absolute Gasteiger partial charge is 0.243 e. The highest BCUT2D eigenvalue weighted by molar-refractivity contribution is 7.89. The van der Waals surface area contributed by atoms with Crippen LogP contribution in [0.1, 0.15) is 5.56 Å². The molecule has 1 aliphatic rings. The highest BCUT2D eigenvalue weighted by Gasteiger charge is 2.26. The molecule has 3 heterocycles. The van der Waals surface area contributed by atoms with Crippen LogP contribution in [-0.2, 0) is 31.3 Å². The average Bonchev–Trinajstić information content (AvgIpc) is 3.34. The van der Waals surface area contributed by atoms with Crippen LogP contribution in [0.5, 0.6) is 0 Å². The van der Waals surface area contributed by atoms with E-state index in [4.69, 9.17) is 4.74 Å². The molecule has 0 aliphatic carbocycles. The van der Waals surface area contributed by atoms with E-state index >= 15 is 0 Å². The molecule has 164 valence electrons. The lowest BCUT2D eigenvalue weighted by atomic mass is 10.3. The van der Waals surface area contributed by atoms with Crippen LogP contribution in [0.2, 0.25) is 0 Å². The van der Waals surface area contributed by atoms with Crippen molar-refractivity contribution in [1.82, 2.24) is 23.8 Å². The molecule has 2 aromatic heterocycles. The van der Waals surface area contributed by atoms with Crippen LogP contribution in [0.4, 0.5) is 0 Å². The maximum atomic E-state index is 12.7. The summed E-state index contributed by atoms with van der Waals surface area (Å²) in [6, 6.07) is 10.5. The zero-order chi connectivity index (χ0) is 21.9. The largest absolute Gasteiger partial charge is 0.379 e. The Morgan fingerprint density at radius 2 is 1.68 bits per heavy atom. The molecule has 0 radical (unpaired) electrons. The maximum Gasteiger partial charge on any atom is 0.243 e. The van der Waals surface area contributed by atoms with Gasteiger partial charge in [-0.25, -0.2) is 31.2 Å². The van der Waals surface area contributed by atoms with Crippen LogP contribution in [0.3, 0.4) is 0 Å². The minimum absolute atomic E-state index is 0.0189. The van der Waals surface area contributed by atoms with E-state index in [2.05, 4.69) is 14.8 Å². The maximum absolute atomic E-state index is 12.7. The molecule has 1 aliphatic heterocycles. The Hall–Kier alpha value is -2.64. The number of ether oxygens (including phenoxy) is 1. The van der Waals surface area contributed by atoms with E-state index in [1.54, 1.807) is 41.5 Å². The van der Waals surface area contributed by atoms with Crippen molar-refractivity contribution in [3.05, 3.63) is 66.6 Å². The molecule has 12 heteroatoms. The first-order valence-corrected chi connectivity index (χ1v) is 12.4. The number of nitrogens with zero attached hydrogens (tertiary/aromatic N) is 4. The second-order valence-corrected chi connectivity index (χ2v) is 10.5. The molecule has 0 atom stereocenters. The minimum Gasteiger partial charge on any atom is -0.379 e. The zero-order valence-electron chi connectivity index (χ0n) is 16.5. The van der Waals surface area contributed by atoms with E-state index in [1.807, 2.05) is 0 Å². The number of benzene rings is 1. The van der Waals surface area contributed by atoms with Gasteiger partial charge in [-0.05, 0) is 42.0 Å². The number of aromatic nitrogens is 3. The fourth-order valence-electron chi connectivity index (χ4n) is 3.05. The van der Waals surface area contributed by atoms with Gasteiger partial charge in [0.05, 0.1) is 23.0 Å². The number of hydrogen-bond acceptors (Lipinski definition) is 7. The van der Waals surface area contributed by atoms with Crippen molar-refractivity contribution in [3.8, 4) is 5.82 Å². The molecule has 10 nitrogen and oxygen atoms in total. The summed E-state index contributed by atoms with van der Waals surface area (Å²) in [4.78, 5) is 4.29. The topological polar surface area (TPSA) is 123 Å². The molecule has 0 spiro atoms. The molecule has 1 aromatic carbocycles. The minimum atomic E-state index is -3.82. The third kappa shape index (κ3) is 4.83. The Morgan fingerprint density at radius 3 is 2.29 bits per heavy atom. The lowest BCUT2D eigenvalue weighted by molar-refractivity contribution is 0.0730. The van der Waals surface area contributed by atoms with Crippen LogP contribution in [-0.4, -0.2) is 62.2 Å². The first kappa shape index (κ1) is 21.6. The van der Waals surface area contributed by atoms with E-state index < -0.39 is 20.0 Å². The summed E-state index contributed by atoms with van der Waals surface area (Å²) in [6.07, 6.45) is 4.96. The Labute approximate surface area is 180 Å². The van der Waals surface area contributed by atoms with Crippen molar-refractivity contribution >= 4 is 20.0 Å². The van der Waals surface area contributed by atoms with Crippen molar-refractivity contribution in [1.29, 1.82) is 0 Å². The lowest BCUT2D eigenvalue weighted by Gasteiger charge is -2.26. The van der Waals surface area contributed by atoms with Gasteiger partial charge in [0.15, 0.2) is 5.82 Å². The summed E-state index contributed by atoms with van der Waals surface area (Å²) in [6.45, 7) is 1.28. The molecule has 4 rings (SSSR count). The fourth-order valence-corrected chi connectivity index (χ4v) is 5.48. The summed E-state index contributed by atoms with van der Waals surface area (Å²) in [7, 11) is -7.50. The van der Waals surface area contributed by atoms with Gasteiger partial charge in [-0.1, -0.05) is 6.07 Å². The van der Waals surface area contributed by atoms with Gasteiger partial charge in [-0.3, -0.25) is 0 Å². The van der Waals surface area contributed by atoms with Crippen LogP contribution in [0.25, 0.3) is 5.82 Å². The summed E-state index contributed by atoms with van der Waals surface area (Å²) in [5.41, 5.74) is 0.672. The van der Waals surface area contributed by atoms with Gasteiger partial charge in [0.25, 0.3) is 0 Å². The summed E-state index contributed by atoms with van der Waals surface area (Å²) >= 11 is 0. The van der Waals surface area contributed by atoms with Crippen LogP contribution in [0, 0.1) is 0 Å². The van der Waals surface area contributed by atoms with Gasteiger partial charge < -0.3 is 4.74 Å². The van der Waals surface area contributed by atoms with E-state index in [-0.39, 0.29) is 29.4 Å². The van der Waals surface area contributed by atoms with Gasteiger partial charge in [0.2, 0.25) is 20.0 Å². The molecule has 0 unspecified atom stereocenters. The van der Waals surface area contributed by atoms with Gasteiger partial charge in [0.1, 0.15) is 0 Å². The number of morpholine rings is 1. The molecular weight excluding hydrogens is 442 g/mol. The molecule has 0 amide bonds. The Bertz CT molecular complexity index is 1220. The van der Waals surface area contributed by atoms with Gasteiger partial charge in [0, 0.05) is 38.2 Å². The third-order valence-corrected chi connectivity index (χ3v) is 8.09. The second kappa shape index (κ2) is 8.85. The summed E-state index contributed by atoms with van der Waals surface area (Å²) in [5, 5.41) is 4.09. The van der Waals surface area contributed by atoms with Crippen LogP contribution < -0.4 is 4.72 Å². The van der Waals surface area contributed by atoms with Crippen LogP contribution in [0.15, 0.2) is 70.8 Å². The van der Waals surface area contributed by atoms with Gasteiger partial charge in [-0.15, -0.1) is 0 Å². The summed E-state index contributed by atoms with van der Waals surface area (Å²) < 4.78 is 61.1. The number of hydrogen-bond donors (Lipinski definition) is 1. The predicted molar refractivity (Wildman–Crippen MR) is 111 cm³/mol. The van der Waals surface area contributed by atoms with Crippen molar-refractivity contribution < 1.29 is 21.6 Å². The quantitative estimate of drug-likeness (QED) is 0.549. The third-order valence-electron chi connectivity index (χ3n) is 4.76. The molecule has 1 N–H and O–H groups in total. The number of pyridine rings is 1. The lowest BCUT2D eigenvalue weighted by Crippen LogP contribution is -2.40. The van der Waals surface area contributed by atoms with Gasteiger partial charge in [-0.2, -0.15) is 9.40 Å². The number of rotatable bonds is 7. The molecule has 3 aromatic rings. The molecule has 0 saturated carbocycles. The Morgan fingerprint density at radius 1 is 0.968 bits per heavy atom. The number of sulfonamides is 2. The molecule has 0 bridgehead atoms. The van der Waals surface area contributed by atoms with Crippen molar-refractivity contribution in [2.75, 3.05) is 26.3 Å². The molecule has 1 fully saturated rings. The monoisotopic (exact) mass is 463 g/mol. The Kier molecular flexibility index (Phi) is 6.16. The van der Waals surface area contributed by atoms with E-state index in [0.717, 1.165) is 0 Å². The van der Waals surface area contributed by atoms with Crippen LogP contribution >= 0.6 is 0 Å². The second-order valence-electron chi connectivity index (χ2n) is 6.79. The molecular formula is C19H21N5O5S2. The Balaban J connectivity index is 1.43. The standard InChI is InChI=1S/C19H21N5O5S2/c25-30(26,22-15-16-2-7-19(20-14-16)24-9-1-8-21-24)17-3-5-18(6-4-17)31(27,28)23-10-12-29-13-11-23/h1-9,14,22H,10-13,15H2.